The number of benzene rings is 1. The van der Waals surface area contributed by atoms with Crippen molar-refractivity contribution in [2.24, 2.45) is 0 Å². The summed E-state index contributed by atoms with van der Waals surface area (Å²) in [6.45, 7) is 2.59. The van der Waals surface area contributed by atoms with Crippen LogP contribution in [0.15, 0.2) is 30.5 Å². The third-order valence-electron chi connectivity index (χ3n) is 2.88. The van der Waals surface area contributed by atoms with Gasteiger partial charge in [0, 0.05) is 18.3 Å². The maximum absolute atomic E-state index is 12.7. The van der Waals surface area contributed by atoms with Gasteiger partial charge in [0.15, 0.2) is 6.23 Å². The number of alkyl halides is 3. The maximum atomic E-state index is 12.7. The Labute approximate surface area is 109 Å². The Morgan fingerprint density at radius 2 is 2.05 bits per heavy atom. The van der Waals surface area contributed by atoms with Crippen LogP contribution in [-0.2, 0) is 6.18 Å². The molecule has 1 aliphatic rings. The Morgan fingerprint density at radius 3 is 2.63 bits per heavy atom. The van der Waals surface area contributed by atoms with E-state index in [1.807, 2.05) is 17.2 Å². The van der Waals surface area contributed by atoms with E-state index in [2.05, 4.69) is 0 Å². The quantitative estimate of drug-likeness (QED) is 0.858. The first-order chi connectivity index (χ1) is 8.86. The standard InChI is InChI=1S/C13H15F3N2O/c1-9(18-4-2-3-5-18)19-12-7-10(13(14,15)16)6-11(17)8-12/h2,4,6-9H,3,5,17H2,1H3. The molecule has 0 aliphatic carbocycles. The van der Waals surface area contributed by atoms with Crippen LogP contribution in [0.25, 0.3) is 0 Å². The predicted octanol–water partition coefficient (Wildman–Crippen LogP) is 3.23. The number of rotatable bonds is 3. The lowest BCUT2D eigenvalue weighted by atomic mass is 10.2. The summed E-state index contributed by atoms with van der Waals surface area (Å²) in [6, 6.07) is 3.26. The molecular weight excluding hydrogens is 257 g/mol. The molecule has 2 rings (SSSR count). The number of hydrogen-bond donors (Lipinski definition) is 1. The molecule has 1 atom stereocenters. The molecule has 0 saturated carbocycles. The lowest BCUT2D eigenvalue weighted by molar-refractivity contribution is -0.137. The van der Waals surface area contributed by atoms with Crippen molar-refractivity contribution in [2.75, 3.05) is 12.3 Å². The summed E-state index contributed by atoms with van der Waals surface area (Å²) in [5, 5.41) is 0. The smallest absolute Gasteiger partial charge is 0.416 e. The highest BCUT2D eigenvalue weighted by molar-refractivity contribution is 5.48. The van der Waals surface area contributed by atoms with E-state index >= 15 is 0 Å². The van der Waals surface area contributed by atoms with Crippen LogP contribution < -0.4 is 10.5 Å². The average Bonchev–Trinajstić information content (AvgIpc) is 2.80. The Kier molecular flexibility index (Phi) is 3.59. The molecular formula is C13H15F3N2O. The van der Waals surface area contributed by atoms with E-state index in [9.17, 15) is 13.2 Å². The third-order valence-corrected chi connectivity index (χ3v) is 2.88. The minimum absolute atomic E-state index is 0.0361. The van der Waals surface area contributed by atoms with E-state index in [1.54, 1.807) is 6.92 Å². The number of anilines is 1. The van der Waals surface area contributed by atoms with E-state index in [0.29, 0.717) is 0 Å². The second-order valence-corrected chi connectivity index (χ2v) is 4.42. The van der Waals surface area contributed by atoms with Gasteiger partial charge >= 0.3 is 6.18 Å². The molecule has 1 aromatic rings. The highest BCUT2D eigenvalue weighted by atomic mass is 19.4. The van der Waals surface area contributed by atoms with Gasteiger partial charge in [0.1, 0.15) is 5.75 Å². The van der Waals surface area contributed by atoms with Crippen molar-refractivity contribution >= 4 is 5.69 Å². The van der Waals surface area contributed by atoms with Gasteiger partial charge in [-0.2, -0.15) is 13.2 Å². The van der Waals surface area contributed by atoms with Gasteiger partial charge in [-0.3, -0.25) is 0 Å². The average molecular weight is 272 g/mol. The van der Waals surface area contributed by atoms with Gasteiger partial charge in [-0.1, -0.05) is 6.08 Å². The SMILES string of the molecule is CC(Oc1cc(N)cc(C(F)(F)F)c1)N1C=CCC1. The molecule has 104 valence electrons. The number of nitrogen functional groups attached to an aromatic ring is 1. The first-order valence-corrected chi connectivity index (χ1v) is 5.93. The Balaban J connectivity index is 2.16. The van der Waals surface area contributed by atoms with Crippen LogP contribution in [0.2, 0.25) is 0 Å². The van der Waals surface area contributed by atoms with Crippen molar-refractivity contribution < 1.29 is 17.9 Å². The molecule has 0 spiro atoms. The summed E-state index contributed by atoms with van der Waals surface area (Å²) in [5.41, 5.74) is 4.71. The van der Waals surface area contributed by atoms with E-state index in [4.69, 9.17) is 10.5 Å². The monoisotopic (exact) mass is 272 g/mol. The molecule has 0 fully saturated rings. The molecule has 1 heterocycles. The zero-order valence-corrected chi connectivity index (χ0v) is 10.4. The molecule has 0 bridgehead atoms. The molecule has 1 aromatic carbocycles. The van der Waals surface area contributed by atoms with Crippen LogP contribution in [-0.4, -0.2) is 17.7 Å². The van der Waals surface area contributed by atoms with Crippen molar-refractivity contribution in [2.45, 2.75) is 25.7 Å². The van der Waals surface area contributed by atoms with Crippen LogP contribution in [0, 0.1) is 0 Å². The number of ether oxygens (including phenoxy) is 1. The second kappa shape index (κ2) is 5.03. The van der Waals surface area contributed by atoms with Crippen molar-refractivity contribution in [3.05, 3.63) is 36.0 Å². The maximum Gasteiger partial charge on any atom is 0.416 e. The normalized spacial score (nSPS) is 16.7. The van der Waals surface area contributed by atoms with E-state index < -0.39 is 11.7 Å². The van der Waals surface area contributed by atoms with Gasteiger partial charge in [0.2, 0.25) is 0 Å². The lowest BCUT2D eigenvalue weighted by Gasteiger charge is -2.25. The highest BCUT2D eigenvalue weighted by Crippen LogP contribution is 2.33. The first kappa shape index (κ1) is 13.6. The molecule has 2 N–H and O–H groups in total. The minimum Gasteiger partial charge on any atom is -0.471 e. The number of halogens is 3. The van der Waals surface area contributed by atoms with Crippen LogP contribution in [0.3, 0.4) is 0 Å². The topological polar surface area (TPSA) is 38.5 Å². The molecule has 6 heteroatoms. The summed E-state index contributed by atoms with van der Waals surface area (Å²) in [5.74, 6) is 0.125. The van der Waals surface area contributed by atoms with E-state index in [1.165, 1.54) is 6.07 Å². The molecule has 19 heavy (non-hydrogen) atoms. The zero-order chi connectivity index (χ0) is 14.0. The summed E-state index contributed by atoms with van der Waals surface area (Å²) < 4.78 is 43.5. The van der Waals surface area contributed by atoms with Crippen LogP contribution in [0.5, 0.6) is 5.75 Å². The van der Waals surface area contributed by atoms with Gasteiger partial charge in [-0.25, -0.2) is 0 Å². The Bertz CT molecular complexity index is 485. The summed E-state index contributed by atoms with van der Waals surface area (Å²) in [7, 11) is 0. The van der Waals surface area contributed by atoms with Crippen LogP contribution in [0.4, 0.5) is 18.9 Å². The van der Waals surface area contributed by atoms with Crippen LogP contribution >= 0.6 is 0 Å². The predicted molar refractivity (Wildman–Crippen MR) is 66.4 cm³/mol. The number of nitrogens with two attached hydrogens (primary N) is 1. The largest absolute Gasteiger partial charge is 0.471 e. The lowest BCUT2D eigenvalue weighted by Crippen LogP contribution is -2.31. The van der Waals surface area contributed by atoms with Crippen molar-refractivity contribution in [1.82, 2.24) is 4.90 Å². The summed E-state index contributed by atoms with van der Waals surface area (Å²) in [4.78, 5) is 1.91. The van der Waals surface area contributed by atoms with Gasteiger partial charge < -0.3 is 15.4 Å². The molecule has 0 saturated heterocycles. The molecule has 0 radical (unpaired) electrons. The van der Waals surface area contributed by atoms with Crippen molar-refractivity contribution in [3.8, 4) is 5.75 Å². The van der Waals surface area contributed by atoms with Crippen molar-refractivity contribution in [1.29, 1.82) is 0 Å². The molecule has 0 amide bonds. The third kappa shape index (κ3) is 3.33. The summed E-state index contributed by atoms with van der Waals surface area (Å²) >= 11 is 0. The second-order valence-electron chi connectivity index (χ2n) is 4.42. The molecule has 0 aromatic heterocycles. The fourth-order valence-electron chi connectivity index (χ4n) is 1.93. The van der Waals surface area contributed by atoms with Gasteiger partial charge in [0.25, 0.3) is 0 Å². The van der Waals surface area contributed by atoms with Crippen LogP contribution in [0.1, 0.15) is 18.9 Å². The fraction of sp³-hybridized carbons (Fsp3) is 0.385. The Morgan fingerprint density at radius 1 is 1.32 bits per heavy atom. The van der Waals surface area contributed by atoms with Crippen molar-refractivity contribution in [3.63, 3.8) is 0 Å². The molecule has 3 nitrogen and oxygen atoms in total. The molecule has 1 aliphatic heterocycles. The van der Waals surface area contributed by atoms with Gasteiger partial charge in [0.05, 0.1) is 5.56 Å². The Hall–Kier alpha value is -1.85. The zero-order valence-electron chi connectivity index (χ0n) is 10.4. The summed E-state index contributed by atoms with van der Waals surface area (Å²) in [6.07, 6.45) is 0.0201. The molecule has 1 unspecified atom stereocenters. The fourth-order valence-corrected chi connectivity index (χ4v) is 1.93. The first-order valence-electron chi connectivity index (χ1n) is 5.93. The van der Waals surface area contributed by atoms with E-state index in [0.717, 1.165) is 25.1 Å². The number of nitrogens with zero attached hydrogens (tertiary/aromatic N) is 1. The number of hydrogen-bond acceptors (Lipinski definition) is 3. The van der Waals surface area contributed by atoms with Gasteiger partial charge in [-0.05, 0) is 31.7 Å². The highest BCUT2D eigenvalue weighted by Gasteiger charge is 2.31. The van der Waals surface area contributed by atoms with Gasteiger partial charge in [-0.15, -0.1) is 0 Å². The van der Waals surface area contributed by atoms with E-state index in [-0.39, 0.29) is 17.7 Å². The minimum atomic E-state index is -4.43.